The van der Waals surface area contributed by atoms with Gasteiger partial charge in [-0.25, -0.2) is 13.4 Å². The van der Waals surface area contributed by atoms with E-state index in [1.807, 2.05) is 4.90 Å². The van der Waals surface area contributed by atoms with Crippen LogP contribution in [0.3, 0.4) is 0 Å². The summed E-state index contributed by atoms with van der Waals surface area (Å²) in [6, 6.07) is 1.61. The second-order valence-electron chi connectivity index (χ2n) is 9.91. The summed E-state index contributed by atoms with van der Waals surface area (Å²) in [6.07, 6.45) is 1.42. The summed E-state index contributed by atoms with van der Waals surface area (Å²) in [6.45, 7) is 0.412. The van der Waals surface area contributed by atoms with Crippen LogP contribution in [0, 0.1) is 11.3 Å². The highest BCUT2D eigenvalue weighted by Crippen LogP contribution is 2.65. The molecule has 2 aromatic rings. The van der Waals surface area contributed by atoms with Crippen LogP contribution in [0.25, 0.3) is 0 Å². The van der Waals surface area contributed by atoms with Gasteiger partial charge in [-0.3, -0.25) is 0 Å². The molecular formula is C23H26F6N4O2S. The molecule has 1 N–H and O–H groups in total. The van der Waals surface area contributed by atoms with Crippen LogP contribution in [0.2, 0.25) is 0 Å². The first-order valence-corrected chi connectivity index (χ1v) is 13.3. The second kappa shape index (κ2) is 8.37. The smallest absolute Gasteiger partial charge is 0.360 e. The number of hydrogen-bond acceptors (Lipinski definition) is 4. The number of nitrogens with one attached hydrogen (secondary N) is 1. The van der Waals surface area contributed by atoms with Crippen molar-refractivity contribution in [3.05, 3.63) is 47.0 Å². The summed E-state index contributed by atoms with van der Waals surface area (Å²) in [5.41, 5.74) is -6.16. The molecule has 2 saturated carbocycles. The predicted molar refractivity (Wildman–Crippen MR) is 119 cm³/mol. The van der Waals surface area contributed by atoms with Crippen molar-refractivity contribution in [2.45, 2.75) is 69.8 Å². The van der Waals surface area contributed by atoms with Gasteiger partial charge in [0.05, 0.1) is 24.1 Å². The van der Waals surface area contributed by atoms with Crippen molar-refractivity contribution >= 4 is 15.7 Å². The van der Waals surface area contributed by atoms with Crippen LogP contribution in [0.15, 0.2) is 24.7 Å². The number of imidazole rings is 1. The van der Waals surface area contributed by atoms with Crippen LogP contribution in [0.5, 0.6) is 0 Å². The summed E-state index contributed by atoms with van der Waals surface area (Å²) in [5.74, 6) is 0.254. The van der Waals surface area contributed by atoms with Crippen LogP contribution < -0.4 is 4.90 Å². The lowest BCUT2D eigenvalue weighted by molar-refractivity contribution is -0.138. The molecule has 2 aliphatic carbocycles. The van der Waals surface area contributed by atoms with E-state index < -0.39 is 46.4 Å². The molecule has 3 aliphatic rings. The van der Waals surface area contributed by atoms with E-state index in [1.54, 1.807) is 6.20 Å². The average Bonchev–Trinajstić information content (AvgIpc) is 3.23. The van der Waals surface area contributed by atoms with Gasteiger partial charge in [-0.2, -0.15) is 30.6 Å². The van der Waals surface area contributed by atoms with Gasteiger partial charge in [0.25, 0.3) is 0 Å². The van der Waals surface area contributed by atoms with E-state index in [4.69, 9.17) is 0 Å². The van der Waals surface area contributed by atoms with Gasteiger partial charge in [0.2, 0.25) is 0 Å². The molecule has 1 aromatic heterocycles. The molecule has 6 nitrogen and oxygen atoms in total. The lowest BCUT2D eigenvalue weighted by atomic mass is 9.44. The molecule has 0 saturated heterocycles. The minimum Gasteiger partial charge on any atom is -0.360 e. The number of halogens is 6. The molecule has 1 aromatic carbocycles. The molecule has 0 amide bonds. The number of benzene rings is 1. The molecule has 0 unspecified atom stereocenters. The summed E-state index contributed by atoms with van der Waals surface area (Å²) in [5, 5.41) is 0. The fourth-order valence-electron chi connectivity index (χ4n) is 6.38. The Hall–Kier alpha value is -2.28. The molecule has 2 fully saturated rings. The first-order valence-electron chi connectivity index (χ1n) is 11.8. The molecular weight excluding hydrogens is 510 g/mol. The highest BCUT2D eigenvalue weighted by atomic mass is 32.2. The molecule has 0 bridgehead atoms. The molecule has 13 heteroatoms. The van der Waals surface area contributed by atoms with Crippen LogP contribution in [0.4, 0.5) is 32.0 Å². The Morgan fingerprint density at radius 2 is 1.83 bits per heavy atom. The number of alkyl halides is 6. The van der Waals surface area contributed by atoms with Gasteiger partial charge in [-0.1, -0.05) is 6.92 Å². The maximum Gasteiger partial charge on any atom is 0.511 e. The molecule has 1 aliphatic heterocycles. The number of aromatic amines is 1. The lowest BCUT2D eigenvalue weighted by Crippen LogP contribution is -2.64. The number of fused-ring (bicyclic) bond motifs is 2. The van der Waals surface area contributed by atoms with Gasteiger partial charge in [0.15, 0.2) is 0 Å². The van der Waals surface area contributed by atoms with Crippen molar-refractivity contribution in [3.8, 4) is 0 Å². The SMILES string of the molecule is CCc1c(C(F)(F)F)ccc2c1CN(S(=O)(=O)C(F)(F)F)C[C@@H](C13CCC1CC3)N2Cc1cnc[nH]1. The Morgan fingerprint density at radius 3 is 2.31 bits per heavy atom. The molecule has 36 heavy (non-hydrogen) atoms. The minimum absolute atomic E-state index is 0.0336. The number of anilines is 1. The third-order valence-electron chi connectivity index (χ3n) is 8.38. The van der Waals surface area contributed by atoms with Crippen molar-refractivity contribution in [2.24, 2.45) is 11.3 Å². The molecule has 0 spiro atoms. The van der Waals surface area contributed by atoms with Crippen LogP contribution in [-0.4, -0.2) is 40.8 Å². The van der Waals surface area contributed by atoms with Gasteiger partial charge in [0.1, 0.15) is 0 Å². The second-order valence-corrected chi connectivity index (χ2v) is 11.8. The van der Waals surface area contributed by atoms with E-state index in [9.17, 15) is 34.8 Å². The van der Waals surface area contributed by atoms with E-state index in [2.05, 4.69) is 9.97 Å². The van der Waals surface area contributed by atoms with Crippen molar-refractivity contribution < 1.29 is 34.8 Å². The van der Waals surface area contributed by atoms with Gasteiger partial charge in [-0.15, -0.1) is 0 Å². The Morgan fingerprint density at radius 1 is 1.14 bits per heavy atom. The van der Waals surface area contributed by atoms with Crippen LogP contribution in [-0.2, 0) is 35.7 Å². The number of aromatic nitrogens is 2. The number of H-pyrrole nitrogens is 1. The number of rotatable bonds is 5. The summed E-state index contributed by atoms with van der Waals surface area (Å²) >= 11 is 0. The lowest BCUT2D eigenvalue weighted by Gasteiger charge is -2.64. The molecule has 198 valence electrons. The zero-order valence-electron chi connectivity index (χ0n) is 19.5. The summed E-state index contributed by atoms with van der Waals surface area (Å²) in [7, 11) is -5.79. The molecule has 2 heterocycles. The monoisotopic (exact) mass is 536 g/mol. The van der Waals surface area contributed by atoms with E-state index >= 15 is 0 Å². The van der Waals surface area contributed by atoms with Crippen LogP contribution in [0.1, 0.15) is 55.0 Å². The van der Waals surface area contributed by atoms with Crippen molar-refractivity contribution in [1.29, 1.82) is 0 Å². The molecule has 5 rings (SSSR count). The van der Waals surface area contributed by atoms with Crippen molar-refractivity contribution in [1.82, 2.24) is 14.3 Å². The standard InChI is InChI=1S/C23H26F6N4O2S/c1-2-16-17-11-32(36(34,35)23(27,28)29)12-20(21-7-5-14(21)6-8-21)33(10-15-9-30-13-31-15)19(17)4-3-18(16)22(24,25)26/h3-4,9,13-14,20H,2,5-8,10-12H2,1H3,(H,30,31)/t14?,20-,21?/m0/s1. The summed E-state index contributed by atoms with van der Waals surface area (Å²) < 4.78 is 109. The number of sulfonamides is 1. The van der Waals surface area contributed by atoms with Gasteiger partial charge < -0.3 is 9.88 Å². The maximum absolute atomic E-state index is 13.9. The third kappa shape index (κ3) is 3.80. The zero-order chi connectivity index (χ0) is 26.1. The first kappa shape index (κ1) is 25.4. The highest BCUT2D eigenvalue weighted by Gasteiger charge is 2.61. The highest BCUT2D eigenvalue weighted by molar-refractivity contribution is 7.89. The van der Waals surface area contributed by atoms with Gasteiger partial charge in [-0.05, 0) is 66.7 Å². The Balaban J connectivity index is 1.73. The van der Waals surface area contributed by atoms with Crippen LogP contribution >= 0.6 is 0 Å². The maximum atomic E-state index is 13.9. The Labute approximate surface area is 204 Å². The largest absolute Gasteiger partial charge is 0.511 e. The predicted octanol–water partition coefficient (Wildman–Crippen LogP) is 5.22. The van der Waals surface area contributed by atoms with E-state index in [-0.39, 0.29) is 35.4 Å². The topological polar surface area (TPSA) is 69.3 Å². The van der Waals surface area contributed by atoms with Crippen molar-refractivity contribution in [3.63, 3.8) is 0 Å². The van der Waals surface area contributed by atoms with E-state index in [0.717, 1.165) is 31.7 Å². The van der Waals surface area contributed by atoms with Crippen molar-refractivity contribution in [2.75, 3.05) is 11.4 Å². The minimum atomic E-state index is -5.79. The quantitative estimate of drug-likeness (QED) is 0.532. The summed E-state index contributed by atoms with van der Waals surface area (Å²) in [4.78, 5) is 8.78. The number of nitrogens with zero attached hydrogens (tertiary/aromatic N) is 3. The fraction of sp³-hybridized carbons (Fsp3) is 0.609. The Bertz CT molecular complexity index is 1230. The first-order chi connectivity index (χ1) is 16.8. The van der Waals surface area contributed by atoms with E-state index in [0.29, 0.717) is 15.7 Å². The van der Waals surface area contributed by atoms with Gasteiger partial charge >= 0.3 is 21.7 Å². The normalized spacial score (nSPS) is 27.0. The molecule has 1 atom stereocenters. The van der Waals surface area contributed by atoms with Gasteiger partial charge in [0, 0.05) is 31.0 Å². The Kier molecular flexibility index (Phi) is 5.90. The average molecular weight is 537 g/mol. The zero-order valence-corrected chi connectivity index (χ0v) is 20.3. The third-order valence-corrected chi connectivity index (χ3v) is 9.93. The number of hydrogen-bond donors (Lipinski definition) is 1. The van der Waals surface area contributed by atoms with E-state index in [1.165, 1.54) is 19.3 Å². The molecule has 0 radical (unpaired) electrons. The fourth-order valence-corrected chi connectivity index (χ4v) is 7.31.